The maximum absolute atomic E-state index is 12.7. The molecule has 0 saturated carbocycles. The molecule has 0 unspecified atom stereocenters. The minimum absolute atomic E-state index is 0.0249. The summed E-state index contributed by atoms with van der Waals surface area (Å²) in [5, 5.41) is 2.61. The molecule has 2 aromatic rings. The summed E-state index contributed by atoms with van der Waals surface area (Å²) in [5.41, 5.74) is 0.266. The van der Waals surface area contributed by atoms with E-state index in [2.05, 4.69) is 16.9 Å². The van der Waals surface area contributed by atoms with Gasteiger partial charge in [0.1, 0.15) is 5.82 Å². The fourth-order valence-corrected chi connectivity index (χ4v) is 3.08. The molecule has 1 aromatic carbocycles. The van der Waals surface area contributed by atoms with Gasteiger partial charge in [-0.25, -0.2) is 13.4 Å². The summed E-state index contributed by atoms with van der Waals surface area (Å²) in [6.07, 6.45) is 3.06. The van der Waals surface area contributed by atoms with Gasteiger partial charge in [-0.15, -0.1) is 6.58 Å². The van der Waals surface area contributed by atoms with E-state index in [0.29, 0.717) is 12.4 Å². The average Bonchev–Trinajstić information content (AvgIpc) is 2.59. The molecule has 7 heteroatoms. The smallest absolute Gasteiger partial charge is 0.265 e. The Morgan fingerprint density at radius 2 is 2.09 bits per heavy atom. The van der Waals surface area contributed by atoms with Crippen LogP contribution < -0.4 is 9.62 Å². The topological polar surface area (TPSA) is 79.4 Å². The van der Waals surface area contributed by atoms with Gasteiger partial charge >= 0.3 is 0 Å². The van der Waals surface area contributed by atoms with Gasteiger partial charge in [0, 0.05) is 25.4 Å². The quantitative estimate of drug-likeness (QED) is 0.819. The number of carbonyl (C=O) groups excluding carboxylic acids is 1. The molecule has 1 N–H and O–H groups in total. The fourth-order valence-electron chi connectivity index (χ4n) is 1.89. The van der Waals surface area contributed by atoms with Crippen LogP contribution in [0.1, 0.15) is 10.4 Å². The Labute approximate surface area is 135 Å². The van der Waals surface area contributed by atoms with Crippen molar-refractivity contribution in [3.05, 3.63) is 66.9 Å². The van der Waals surface area contributed by atoms with Crippen LogP contribution in [-0.2, 0) is 10.0 Å². The number of rotatable bonds is 6. The molecule has 0 aliphatic heterocycles. The second-order valence-electron chi connectivity index (χ2n) is 4.69. The minimum Gasteiger partial charge on any atom is -0.349 e. The minimum atomic E-state index is -3.80. The highest BCUT2D eigenvalue weighted by molar-refractivity contribution is 7.92. The lowest BCUT2D eigenvalue weighted by Gasteiger charge is -2.18. The molecule has 0 bridgehead atoms. The fraction of sp³-hybridized carbons (Fsp3) is 0.125. The first-order chi connectivity index (χ1) is 11.0. The van der Waals surface area contributed by atoms with Gasteiger partial charge in [0.15, 0.2) is 0 Å². The number of benzene rings is 1. The van der Waals surface area contributed by atoms with E-state index in [9.17, 15) is 13.2 Å². The highest BCUT2D eigenvalue weighted by Crippen LogP contribution is 2.20. The van der Waals surface area contributed by atoms with Crippen LogP contribution in [0.15, 0.2) is 66.2 Å². The SMILES string of the molecule is C=CCNC(=O)c1cccc(S(=O)(=O)N(C)c2ccccn2)c1. The van der Waals surface area contributed by atoms with E-state index in [-0.39, 0.29) is 16.4 Å². The van der Waals surface area contributed by atoms with Crippen LogP contribution in [0.4, 0.5) is 5.82 Å². The van der Waals surface area contributed by atoms with Crippen molar-refractivity contribution in [1.29, 1.82) is 0 Å². The van der Waals surface area contributed by atoms with Crippen LogP contribution in [0.3, 0.4) is 0 Å². The Morgan fingerprint density at radius 1 is 1.30 bits per heavy atom. The van der Waals surface area contributed by atoms with Crippen molar-refractivity contribution in [3.63, 3.8) is 0 Å². The van der Waals surface area contributed by atoms with Crippen molar-refractivity contribution in [3.8, 4) is 0 Å². The van der Waals surface area contributed by atoms with E-state index in [0.717, 1.165) is 4.31 Å². The van der Waals surface area contributed by atoms with E-state index in [1.807, 2.05) is 0 Å². The van der Waals surface area contributed by atoms with Crippen molar-refractivity contribution in [2.24, 2.45) is 0 Å². The number of hydrogen-bond donors (Lipinski definition) is 1. The Morgan fingerprint density at radius 3 is 2.74 bits per heavy atom. The second-order valence-corrected chi connectivity index (χ2v) is 6.66. The largest absolute Gasteiger partial charge is 0.349 e. The molecule has 1 amide bonds. The summed E-state index contributed by atoms with van der Waals surface area (Å²) >= 11 is 0. The lowest BCUT2D eigenvalue weighted by atomic mass is 10.2. The third kappa shape index (κ3) is 3.75. The first-order valence-corrected chi connectivity index (χ1v) is 8.30. The van der Waals surface area contributed by atoms with E-state index in [1.165, 1.54) is 31.4 Å². The lowest BCUT2D eigenvalue weighted by molar-refractivity contribution is 0.0958. The number of pyridine rings is 1. The number of hydrogen-bond acceptors (Lipinski definition) is 4. The van der Waals surface area contributed by atoms with Crippen LogP contribution >= 0.6 is 0 Å². The van der Waals surface area contributed by atoms with E-state index < -0.39 is 10.0 Å². The molecule has 1 heterocycles. The number of carbonyl (C=O) groups is 1. The molecule has 1 aromatic heterocycles. The molecule has 0 fully saturated rings. The number of nitrogens with one attached hydrogen (secondary N) is 1. The Kier molecular flexibility index (Phi) is 5.13. The first-order valence-electron chi connectivity index (χ1n) is 6.86. The second kappa shape index (κ2) is 7.06. The molecule has 0 aliphatic rings. The number of sulfonamides is 1. The highest BCUT2D eigenvalue weighted by atomic mass is 32.2. The van der Waals surface area contributed by atoms with Gasteiger partial charge in [0.05, 0.1) is 4.90 Å². The zero-order valence-electron chi connectivity index (χ0n) is 12.6. The lowest BCUT2D eigenvalue weighted by Crippen LogP contribution is -2.28. The van der Waals surface area contributed by atoms with Crippen LogP contribution in [0, 0.1) is 0 Å². The molecular weight excluding hydrogens is 314 g/mol. The maximum Gasteiger partial charge on any atom is 0.265 e. The van der Waals surface area contributed by atoms with Gasteiger partial charge in [0.25, 0.3) is 15.9 Å². The standard InChI is InChI=1S/C16H17N3O3S/c1-3-10-18-16(20)13-7-6-8-14(12-13)23(21,22)19(2)15-9-4-5-11-17-15/h3-9,11-12H,1,10H2,2H3,(H,18,20). The Hall–Kier alpha value is -2.67. The van der Waals surface area contributed by atoms with Gasteiger partial charge in [-0.3, -0.25) is 9.10 Å². The number of amides is 1. The summed E-state index contributed by atoms with van der Waals surface area (Å²) in [6.45, 7) is 3.82. The van der Waals surface area contributed by atoms with Crippen LogP contribution in [0.5, 0.6) is 0 Å². The molecule has 6 nitrogen and oxygen atoms in total. The van der Waals surface area contributed by atoms with Crippen LogP contribution in [-0.4, -0.2) is 32.9 Å². The molecule has 0 saturated heterocycles. The van der Waals surface area contributed by atoms with Crippen molar-refractivity contribution >= 4 is 21.7 Å². The van der Waals surface area contributed by atoms with Gasteiger partial charge in [-0.05, 0) is 30.3 Å². The highest BCUT2D eigenvalue weighted by Gasteiger charge is 2.23. The molecule has 2 rings (SSSR count). The molecule has 23 heavy (non-hydrogen) atoms. The molecule has 0 radical (unpaired) electrons. The van der Waals surface area contributed by atoms with Crippen molar-refractivity contribution in [1.82, 2.24) is 10.3 Å². The Balaban J connectivity index is 2.33. The van der Waals surface area contributed by atoms with Crippen LogP contribution in [0.25, 0.3) is 0 Å². The van der Waals surface area contributed by atoms with Crippen LogP contribution in [0.2, 0.25) is 0 Å². The van der Waals surface area contributed by atoms with Crippen molar-refractivity contribution < 1.29 is 13.2 Å². The number of nitrogens with zero attached hydrogens (tertiary/aromatic N) is 2. The van der Waals surface area contributed by atoms with Crippen molar-refractivity contribution in [2.45, 2.75) is 4.90 Å². The third-order valence-corrected chi connectivity index (χ3v) is 4.89. The molecule has 0 atom stereocenters. The van der Waals surface area contributed by atoms with Gasteiger partial charge in [-0.2, -0.15) is 0 Å². The summed E-state index contributed by atoms with van der Waals surface area (Å²) in [6, 6.07) is 10.9. The molecular formula is C16H17N3O3S. The zero-order valence-corrected chi connectivity index (χ0v) is 13.5. The Bertz CT molecular complexity index is 804. The monoisotopic (exact) mass is 331 g/mol. The normalized spacial score (nSPS) is 10.8. The van der Waals surface area contributed by atoms with E-state index in [4.69, 9.17) is 0 Å². The average molecular weight is 331 g/mol. The molecule has 0 aliphatic carbocycles. The summed E-state index contributed by atoms with van der Waals surface area (Å²) in [4.78, 5) is 16.0. The maximum atomic E-state index is 12.7. The number of aromatic nitrogens is 1. The van der Waals surface area contributed by atoms with E-state index in [1.54, 1.807) is 30.3 Å². The first kappa shape index (κ1) is 16.7. The molecule has 0 spiro atoms. The van der Waals surface area contributed by atoms with Crippen molar-refractivity contribution in [2.75, 3.05) is 17.9 Å². The van der Waals surface area contributed by atoms with Gasteiger partial charge in [-0.1, -0.05) is 18.2 Å². The predicted octanol–water partition coefficient (Wildman–Crippen LogP) is 1.82. The van der Waals surface area contributed by atoms with Gasteiger partial charge < -0.3 is 5.32 Å². The van der Waals surface area contributed by atoms with Gasteiger partial charge in [0.2, 0.25) is 0 Å². The summed E-state index contributed by atoms with van der Waals surface area (Å²) < 4.78 is 26.4. The summed E-state index contributed by atoms with van der Waals surface area (Å²) in [7, 11) is -2.38. The third-order valence-electron chi connectivity index (χ3n) is 3.13. The van der Waals surface area contributed by atoms with E-state index >= 15 is 0 Å². The number of anilines is 1. The predicted molar refractivity (Wildman–Crippen MR) is 88.8 cm³/mol. The zero-order chi connectivity index (χ0) is 16.9. The summed E-state index contributed by atoms with van der Waals surface area (Å²) in [5.74, 6) is -0.0588. The molecule has 120 valence electrons.